The molecule has 1 amide bonds. The molecular weight excluding hydrogens is 526 g/mol. The summed E-state index contributed by atoms with van der Waals surface area (Å²) in [5.41, 5.74) is 1.97. The Morgan fingerprint density at radius 1 is 1.14 bits per heavy atom. The first kappa shape index (κ1) is 25.3. The zero-order valence-electron chi connectivity index (χ0n) is 20.2. The maximum absolute atomic E-state index is 13.8. The first-order chi connectivity index (χ1) is 18.0. The average molecular weight is 550 g/mol. The predicted octanol–water partition coefficient (Wildman–Crippen LogP) is 6.83. The molecule has 0 aliphatic heterocycles. The van der Waals surface area contributed by atoms with Crippen LogP contribution in [0.2, 0.25) is 5.02 Å². The van der Waals surface area contributed by atoms with E-state index in [1.165, 1.54) is 23.1 Å². The molecule has 2 aromatic heterocycles. The molecule has 0 radical (unpaired) electrons. The number of aromatic nitrogens is 2. The van der Waals surface area contributed by atoms with Crippen LogP contribution in [0.25, 0.3) is 20.3 Å². The normalized spacial score (nSPS) is 12.1. The van der Waals surface area contributed by atoms with Crippen molar-refractivity contribution in [2.75, 3.05) is 12.4 Å². The number of methoxy groups -OCH3 is 1. The molecule has 5 aromatic rings. The van der Waals surface area contributed by atoms with Crippen molar-refractivity contribution in [3.8, 4) is 5.75 Å². The average Bonchev–Trinajstić information content (AvgIpc) is 3.29. The Morgan fingerprint density at radius 2 is 1.92 bits per heavy atom. The van der Waals surface area contributed by atoms with Crippen molar-refractivity contribution in [1.82, 2.24) is 9.55 Å². The summed E-state index contributed by atoms with van der Waals surface area (Å²) in [6, 6.07) is 22.5. The van der Waals surface area contributed by atoms with Crippen LogP contribution in [0.15, 0.2) is 82.7 Å². The van der Waals surface area contributed by atoms with Gasteiger partial charge in [-0.1, -0.05) is 72.8 Å². The number of amides is 1. The fourth-order valence-electron chi connectivity index (χ4n) is 4.05. The van der Waals surface area contributed by atoms with E-state index in [-0.39, 0.29) is 18.0 Å². The Labute approximate surface area is 227 Å². The van der Waals surface area contributed by atoms with E-state index in [9.17, 15) is 9.59 Å². The van der Waals surface area contributed by atoms with Crippen molar-refractivity contribution in [2.24, 2.45) is 0 Å². The molecular formula is C28H24ClN3O3S2. The largest absolute Gasteiger partial charge is 0.497 e. The minimum Gasteiger partial charge on any atom is -0.497 e. The molecule has 9 heteroatoms. The molecule has 0 fully saturated rings. The second-order valence-corrected chi connectivity index (χ2v) is 11.0. The van der Waals surface area contributed by atoms with Gasteiger partial charge in [-0.2, -0.15) is 0 Å². The van der Waals surface area contributed by atoms with Crippen molar-refractivity contribution >= 4 is 66.6 Å². The molecule has 0 spiro atoms. The Morgan fingerprint density at radius 3 is 2.70 bits per heavy atom. The summed E-state index contributed by atoms with van der Waals surface area (Å²) < 4.78 is 8.48. The lowest BCUT2D eigenvalue weighted by atomic mass is 10.2. The Kier molecular flexibility index (Phi) is 7.50. The van der Waals surface area contributed by atoms with Gasteiger partial charge in [0.05, 0.1) is 24.4 Å². The highest BCUT2D eigenvalue weighted by Crippen LogP contribution is 2.34. The first-order valence-electron chi connectivity index (χ1n) is 11.8. The summed E-state index contributed by atoms with van der Waals surface area (Å²) in [7, 11) is 1.58. The number of nitrogens with one attached hydrogen (secondary N) is 1. The number of halogens is 1. The number of carbonyl (C=O) groups is 1. The van der Waals surface area contributed by atoms with Crippen LogP contribution in [-0.4, -0.2) is 27.8 Å². The number of nitrogens with zero attached hydrogens (tertiary/aromatic N) is 2. The summed E-state index contributed by atoms with van der Waals surface area (Å²) in [6.07, 6.45) is 0.546. The third-order valence-corrected chi connectivity index (χ3v) is 8.85. The summed E-state index contributed by atoms with van der Waals surface area (Å²) in [5, 5.41) is 4.48. The monoisotopic (exact) mass is 549 g/mol. The lowest BCUT2D eigenvalue weighted by Crippen LogP contribution is -2.28. The van der Waals surface area contributed by atoms with Crippen LogP contribution in [0.4, 0.5) is 5.69 Å². The summed E-state index contributed by atoms with van der Waals surface area (Å²) in [5.74, 6) is 0.484. The number of thiophene rings is 1. The van der Waals surface area contributed by atoms with E-state index in [2.05, 4.69) is 5.32 Å². The summed E-state index contributed by atoms with van der Waals surface area (Å²) in [6.45, 7) is 2.20. The van der Waals surface area contributed by atoms with Crippen LogP contribution in [0.1, 0.15) is 18.9 Å². The van der Waals surface area contributed by atoms with Crippen LogP contribution in [0.3, 0.4) is 0 Å². The first-order valence-corrected chi connectivity index (χ1v) is 13.8. The van der Waals surface area contributed by atoms with E-state index in [1.807, 2.05) is 67.6 Å². The predicted molar refractivity (Wildman–Crippen MR) is 153 cm³/mol. The van der Waals surface area contributed by atoms with E-state index >= 15 is 0 Å². The number of hydrogen-bond acceptors (Lipinski definition) is 6. The Balaban J connectivity index is 1.56. The van der Waals surface area contributed by atoms with E-state index in [1.54, 1.807) is 23.8 Å². The van der Waals surface area contributed by atoms with Crippen molar-refractivity contribution in [3.05, 3.63) is 93.7 Å². The molecule has 6 nitrogen and oxygen atoms in total. The van der Waals surface area contributed by atoms with Crippen LogP contribution in [-0.2, 0) is 11.3 Å². The fourth-order valence-corrected chi connectivity index (χ4v) is 6.34. The van der Waals surface area contributed by atoms with Crippen molar-refractivity contribution in [1.29, 1.82) is 0 Å². The number of rotatable bonds is 8. The number of hydrogen-bond donors (Lipinski definition) is 1. The quantitative estimate of drug-likeness (QED) is 0.170. The lowest BCUT2D eigenvalue weighted by molar-refractivity contribution is -0.115. The number of anilines is 1. The van der Waals surface area contributed by atoms with Gasteiger partial charge in [-0.25, -0.2) is 4.98 Å². The van der Waals surface area contributed by atoms with Gasteiger partial charge < -0.3 is 10.1 Å². The molecule has 0 saturated carbocycles. The summed E-state index contributed by atoms with van der Waals surface area (Å²) >= 11 is 9.17. The van der Waals surface area contributed by atoms with Gasteiger partial charge in [0.15, 0.2) is 5.16 Å². The minimum atomic E-state index is -0.474. The smallest absolute Gasteiger partial charge is 0.272 e. The molecule has 5 rings (SSSR count). The molecule has 1 atom stereocenters. The zero-order valence-corrected chi connectivity index (χ0v) is 22.6. The summed E-state index contributed by atoms with van der Waals surface area (Å²) in [4.78, 5) is 32.0. The molecule has 1 N–H and O–H groups in total. The number of carbonyl (C=O) groups excluding carboxylic acids is 1. The van der Waals surface area contributed by atoms with Crippen LogP contribution >= 0.6 is 34.7 Å². The molecule has 0 aliphatic carbocycles. The van der Waals surface area contributed by atoms with E-state index in [0.29, 0.717) is 38.3 Å². The van der Waals surface area contributed by atoms with Crippen molar-refractivity contribution in [3.63, 3.8) is 0 Å². The van der Waals surface area contributed by atoms with Crippen LogP contribution in [0.5, 0.6) is 5.75 Å². The topological polar surface area (TPSA) is 73.2 Å². The van der Waals surface area contributed by atoms with Gasteiger partial charge in [0.2, 0.25) is 5.91 Å². The van der Waals surface area contributed by atoms with Gasteiger partial charge in [0, 0.05) is 26.9 Å². The van der Waals surface area contributed by atoms with Gasteiger partial charge in [0.1, 0.15) is 10.4 Å². The van der Waals surface area contributed by atoms with Gasteiger partial charge >= 0.3 is 0 Å². The standard InChI is InChI=1S/C28H24ClN3O3S2/c1-3-22(26(33)30-18-10-8-11-19(15-18)35-2)37-28-31-24-20-12-5-7-14-23(20)36-25(24)27(34)32(28)16-17-9-4-6-13-21(17)29/h4-15,22H,3,16H2,1-2H3,(H,30,33)/t22-/m0/s1. The highest BCUT2D eigenvalue weighted by Gasteiger charge is 2.24. The fraction of sp³-hybridized carbons (Fsp3) is 0.179. The minimum absolute atomic E-state index is 0.142. The number of ether oxygens (including phenoxy) is 1. The second kappa shape index (κ2) is 11.0. The van der Waals surface area contributed by atoms with E-state index in [0.717, 1.165) is 15.6 Å². The van der Waals surface area contributed by atoms with Crippen molar-refractivity contribution < 1.29 is 9.53 Å². The zero-order chi connectivity index (χ0) is 25.9. The molecule has 0 aliphatic rings. The van der Waals surface area contributed by atoms with Gasteiger partial charge in [0.25, 0.3) is 5.56 Å². The SMILES string of the molecule is CC[C@H](Sc1nc2c(sc3ccccc32)c(=O)n1Cc1ccccc1Cl)C(=O)Nc1cccc(OC)c1. The Hall–Kier alpha value is -3.33. The van der Waals surface area contributed by atoms with Crippen molar-refractivity contribution in [2.45, 2.75) is 30.3 Å². The molecule has 2 heterocycles. The molecule has 37 heavy (non-hydrogen) atoms. The van der Waals surface area contributed by atoms with Gasteiger partial charge in [-0.05, 0) is 36.2 Å². The maximum Gasteiger partial charge on any atom is 0.272 e. The molecule has 0 unspecified atom stereocenters. The van der Waals surface area contributed by atoms with Crippen LogP contribution < -0.4 is 15.6 Å². The maximum atomic E-state index is 13.8. The number of fused-ring (bicyclic) bond motifs is 3. The number of benzene rings is 3. The third-order valence-electron chi connectivity index (χ3n) is 5.98. The third kappa shape index (κ3) is 5.23. The number of thioether (sulfide) groups is 1. The van der Waals surface area contributed by atoms with E-state index < -0.39 is 5.25 Å². The van der Waals surface area contributed by atoms with E-state index in [4.69, 9.17) is 21.3 Å². The van der Waals surface area contributed by atoms with Gasteiger partial charge in [-0.3, -0.25) is 14.2 Å². The molecule has 188 valence electrons. The van der Waals surface area contributed by atoms with Gasteiger partial charge in [-0.15, -0.1) is 11.3 Å². The molecule has 0 saturated heterocycles. The Bertz CT molecular complexity index is 1660. The molecule has 3 aromatic carbocycles. The van der Waals surface area contributed by atoms with Crippen LogP contribution in [0, 0.1) is 0 Å². The highest BCUT2D eigenvalue weighted by atomic mass is 35.5. The second-order valence-electron chi connectivity index (χ2n) is 8.39. The highest BCUT2D eigenvalue weighted by molar-refractivity contribution is 8.00. The lowest BCUT2D eigenvalue weighted by Gasteiger charge is -2.18. The molecule has 0 bridgehead atoms.